The van der Waals surface area contributed by atoms with Crippen molar-refractivity contribution >= 4 is 11.6 Å². The molecule has 1 heterocycles. The Morgan fingerprint density at radius 1 is 1.26 bits per heavy atom. The van der Waals surface area contributed by atoms with Crippen LogP contribution in [0.2, 0.25) is 0 Å². The van der Waals surface area contributed by atoms with Gasteiger partial charge in [0.25, 0.3) is 0 Å². The Morgan fingerprint density at radius 2 is 2.03 bits per heavy atom. The van der Waals surface area contributed by atoms with Crippen LogP contribution in [0.1, 0.15) is 31.2 Å². The molecule has 0 N–H and O–H groups in total. The fraction of sp³-hybridized carbons (Fsp3) is 0.304. The number of benzene rings is 2. The van der Waals surface area contributed by atoms with Crippen molar-refractivity contribution in [2.24, 2.45) is 0 Å². The smallest absolute Gasteiger partial charge is 0.227 e. The zero-order chi connectivity index (χ0) is 22.2. The van der Waals surface area contributed by atoms with Gasteiger partial charge in [-0.1, -0.05) is 17.3 Å². The second-order valence-electron chi connectivity index (χ2n) is 6.86. The molecule has 0 aliphatic rings. The van der Waals surface area contributed by atoms with E-state index in [2.05, 4.69) is 16.2 Å². The van der Waals surface area contributed by atoms with E-state index in [1.54, 1.807) is 48.2 Å². The highest BCUT2D eigenvalue weighted by Crippen LogP contribution is 2.22. The average molecular weight is 422 g/mol. The first kappa shape index (κ1) is 22.0. The van der Waals surface area contributed by atoms with E-state index in [9.17, 15) is 9.18 Å². The van der Waals surface area contributed by atoms with Crippen LogP contribution in [0.15, 0.2) is 47.0 Å². The van der Waals surface area contributed by atoms with Gasteiger partial charge in [-0.2, -0.15) is 10.2 Å². The summed E-state index contributed by atoms with van der Waals surface area (Å²) in [5.41, 5.74) is 1.73. The van der Waals surface area contributed by atoms with Crippen molar-refractivity contribution in [1.82, 2.24) is 10.1 Å². The first-order chi connectivity index (χ1) is 15.0. The SMILES string of the molecule is CCOc1ccc(N(CCC#N)C(=O)CCc2nc(-c3ccc(C)c(F)c3)no2)cc1. The molecule has 2 aromatic carbocycles. The van der Waals surface area contributed by atoms with Crippen LogP contribution in [0, 0.1) is 24.1 Å². The number of ether oxygens (including phenoxy) is 1. The molecule has 0 unspecified atom stereocenters. The number of anilines is 1. The molecule has 0 atom stereocenters. The largest absolute Gasteiger partial charge is 0.494 e. The van der Waals surface area contributed by atoms with Gasteiger partial charge < -0.3 is 14.2 Å². The fourth-order valence-electron chi connectivity index (χ4n) is 3.00. The Hall–Kier alpha value is -3.73. The average Bonchev–Trinajstić information content (AvgIpc) is 3.25. The summed E-state index contributed by atoms with van der Waals surface area (Å²) in [7, 11) is 0. The van der Waals surface area contributed by atoms with E-state index in [1.807, 2.05) is 6.92 Å². The summed E-state index contributed by atoms with van der Waals surface area (Å²) >= 11 is 0. The number of carbonyl (C=O) groups is 1. The van der Waals surface area contributed by atoms with Gasteiger partial charge in [0.15, 0.2) is 0 Å². The van der Waals surface area contributed by atoms with Crippen LogP contribution in [-0.4, -0.2) is 29.2 Å². The molecule has 3 aromatic rings. The maximum Gasteiger partial charge on any atom is 0.227 e. The van der Waals surface area contributed by atoms with Gasteiger partial charge in [0.05, 0.1) is 19.1 Å². The number of hydrogen-bond donors (Lipinski definition) is 0. The van der Waals surface area contributed by atoms with E-state index in [1.165, 1.54) is 6.07 Å². The van der Waals surface area contributed by atoms with E-state index in [0.29, 0.717) is 29.2 Å². The van der Waals surface area contributed by atoms with Gasteiger partial charge >= 0.3 is 0 Å². The van der Waals surface area contributed by atoms with Crippen molar-refractivity contribution in [3.05, 3.63) is 59.7 Å². The summed E-state index contributed by atoms with van der Waals surface area (Å²) in [6.07, 6.45) is 0.575. The van der Waals surface area contributed by atoms with Gasteiger partial charge in [-0.25, -0.2) is 4.39 Å². The molecule has 0 saturated heterocycles. The van der Waals surface area contributed by atoms with Crippen LogP contribution in [-0.2, 0) is 11.2 Å². The Balaban J connectivity index is 1.67. The summed E-state index contributed by atoms with van der Waals surface area (Å²) in [6, 6.07) is 13.9. The fourth-order valence-corrected chi connectivity index (χ4v) is 3.00. The molecular formula is C23H23FN4O3. The molecule has 1 amide bonds. The predicted octanol–water partition coefficient (Wildman–Crippen LogP) is 4.46. The number of carbonyl (C=O) groups excluding carboxylic acids is 1. The number of rotatable bonds is 9. The van der Waals surface area contributed by atoms with E-state index in [4.69, 9.17) is 14.5 Å². The van der Waals surface area contributed by atoms with Crippen LogP contribution in [0.5, 0.6) is 5.75 Å². The van der Waals surface area contributed by atoms with Gasteiger partial charge in [-0.15, -0.1) is 0 Å². The Bertz CT molecular complexity index is 1070. The summed E-state index contributed by atoms with van der Waals surface area (Å²) in [6.45, 7) is 4.41. The third kappa shape index (κ3) is 5.66. The molecule has 160 valence electrons. The van der Waals surface area contributed by atoms with E-state index >= 15 is 0 Å². The predicted molar refractivity (Wildman–Crippen MR) is 113 cm³/mol. The van der Waals surface area contributed by atoms with Gasteiger partial charge in [0.1, 0.15) is 11.6 Å². The minimum atomic E-state index is -0.345. The highest BCUT2D eigenvalue weighted by molar-refractivity contribution is 5.93. The minimum absolute atomic E-state index is 0.128. The lowest BCUT2D eigenvalue weighted by atomic mass is 10.1. The van der Waals surface area contributed by atoms with E-state index < -0.39 is 0 Å². The molecule has 0 fully saturated rings. The first-order valence-electron chi connectivity index (χ1n) is 10.0. The van der Waals surface area contributed by atoms with Crippen LogP contribution < -0.4 is 9.64 Å². The molecule has 0 aliphatic heterocycles. The van der Waals surface area contributed by atoms with Crippen molar-refractivity contribution in [1.29, 1.82) is 5.26 Å². The Labute approximate surface area is 180 Å². The van der Waals surface area contributed by atoms with E-state index in [0.717, 1.165) is 0 Å². The maximum atomic E-state index is 13.8. The Kier molecular flexibility index (Phi) is 7.33. The highest BCUT2D eigenvalue weighted by atomic mass is 19.1. The number of aromatic nitrogens is 2. The molecule has 31 heavy (non-hydrogen) atoms. The number of nitrogens with zero attached hydrogens (tertiary/aromatic N) is 4. The first-order valence-corrected chi connectivity index (χ1v) is 10.0. The maximum absolute atomic E-state index is 13.8. The Morgan fingerprint density at radius 3 is 2.71 bits per heavy atom. The highest BCUT2D eigenvalue weighted by Gasteiger charge is 2.18. The van der Waals surface area contributed by atoms with Crippen LogP contribution in [0.3, 0.4) is 0 Å². The lowest BCUT2D eigenvalue weighted by Gasteiger charge is -2.22. The molecule has 8 heteroatoms. The third-order valence-electron chi connectivity index (χ3n) is 4.66. The van der Waals surface area contributed by atoms with Gasteiger partial charge in [0, 0.05) is 30.6 Å². The van der Waals surface area contributed by atoms with Crippen LogP contribution >= 0.6 is 0 Å². The van der Waals surface area contributed by atoms with Crippen molar-refractivity contribution in [2.75, 3.05) is 18.1 Å². The molecule has 0 saturated carbocycles. The number of aryl methyl sites for hydroxylation is 2. The topological polar surface area (TPSA) is 92.2 Å². The van der Waals surface area contributed by atoms with Gasteiger partial charge in [-0.3, -0.25) is 4.79 Å². The molecule has 0 spiro atoms. The zero-order valence-corrected chi connectivity index (χ0v) is 17.5. The van der Waals surface area contributed by atoms with Gasteiger partial charge in [0.2, 0.25) is 17.6 Å². The third-order valence-corrected chi connectivity index (χ3v) is 4.66. The molecule has 0 bridgehead atoms. The van der Waals surface area contributed by atoms with Gasteiger partial charge in [-0.05, 0) is 49.7 Å². The molecule has 3 rings (SSSR count). The lowest BCUT2D eigenvalue weighted by molar-refractivity contribution is -0.118. The zero-order valence-electron chi connectivity index (χ0n) is 17.5. The molecule has 0 radical (unpaired) electrons. The molecule has 1 aromatic heterocycles. The quantitative estimate of drug-likeness (QED) is 0.505. The van der Waals surface area contributed by atoms with Crippen molar-refractivity contribution in [3.8, 4) is 23.2 Å². The molecular weight excluding hydrogens is 399 g/mol. The number of amides is 1. The van der Waals surface area contributed by atoms with E-state index in [-0.39, 0.29) is 49.2 Å². The molecule has 7 nitrogen and oxygen atoms in total. The van der Waals surface area contributed by atoms with Crippen molar-refractivity contribution in [2.45, 2.75) is 33.1 Å². The number of nitriles is 1. The summed E-state index contributed by atoms with van der Waals surface area (Å²) in [5, 5.41) is 12.8. The van der Waals surface area contributed by atoms with Crippen molar-refractivity contribution in [3.63, 3.8) is 0 Å². The summed E-state index contributed by atoms with van der Waals surface area (Å²) in [4.78, 5) is 18.7. The lowest BCUT2D eigenvalue weighted by Crippen LogP contribution is -2.32. The monoisotopic (exact) mass is 422 g/mol. The second-order valence-corrected chi connectivity index (χ2v) is 6.86. The summed E-state index contributed by atoms with van der Waals surface area (Å²) in [5.74, 6) is 0.762. The summed E-state index contributed by atoms with van der Waals surface area (Å²) < 4.78 is 24.4. The van der Waals surface area contributed by atoms with Crippen molar-refractivity contribution < 1.29 is 18.4 Å². The minimum Gasteiger partial charge on any atom is -0.494 e. The second kappa shape index (κ2) is 10.3. The van der Waals surface area contributed by atoms with Crippen LogP contribution in [0.25, 0.3) is 11.4 Å². The molecule has 0 aliphatic carbocycles. The standard InChI is InChI=1S/C23H23FN4O3/c1-3-30-19-9-7-18(8-10-19)28(14-4-13-25)22(29)12-11-21-26-23(27-31-21)17-6-5-16(2)20(24)15-17/h5-10,15H,3-4,11-12,14H2,1-2H3. The van der Waals surface area contributed by atoms with Crippen LogP contribution in [0.4, 0.5) is 10.1 Å². The normalized spacial score (nSPS) is 10.5. The number of halogens is 1. The number of hydrogen-bond acceptors (Lipinski definition) is 6.